The van der Waals surface area contributed by atoms with Crippen LogP contribution in [0.5, 0.6) is 11.5 Å². The highest BCUT2D eigenvalue weighted by molar-refractivity contribution is 9.10. The smallest absolute Gasteiger partial charge is 0.320 e. The number of H-pyrrole nitrogens is 1. The molecule has 0 radical (unpaired) electrons. The predicted molar refractivity (Wildman–Crippen MR) is 137 cm³/mol. The summed E-state index contributed by atoms with van der Waals surface area (Å²) in [6.45, 7) is 5.60. The average molecular weight is 543 g/mol. The number of benzene rings is 2. The third kappa shape index (κ3) is 4.84. The molecule has 3 heterocycles. The van der Waals surface area contributed by atoms with Gasteiger partial charge in [-0.25, -0.2) is 4.79 Å². The first-order valence-electron chi connectivity index (χ1n) is 12.2. The molecule has 1 fully saturated rings. The maximum absolute atomic E-state index is 13.6. The number of carbonyl (C=O) groups is 1. The SMILES string of the molecule is CCOc1cc2c(cc1OC)CCN(C(=O)N1CCOCC1)C2CCc1[nH]nc2ccc(Br)cc12. The van der Waals surface area contributed by atoms with E-state index in [4.69, 9.17) is 14.2 Å². The number of morpholine rings is 1. The monoisotopic (exact) mass is 542 g/mol. The molecule has 1 atom stereocenters. The lowest BCUT2D eigenvalue weighted by atomic mass is 9.88. The fourth-order valence-corrected chi connectivity index (χ4v) is 5.48. The van der Waals surface area contributed by atoms with Crippen molar-refractivity contribution in [3.8, 4) is 11.5 Å². The van der Waals surface area contributed by atoms with E-state index in [9.17, 15) is 4.79 Å². The number of amides is 2. The summed E-state index contributed by atoms with van der Waals surface area (Å²) in [5.41, 5.74) is 4.35. The fraction of sp³-hybridized carbons (Fsp3) is 0.462. The molecule has 1 N–H and O–H groups in total. The molecule has 9 heteroatoms. The zero-order valence-electron chi connectivity index (χ0n) is 20.2. The minimum absolute atomic E-state index is 0.0786. The number of nitrogens with zero attached hydrogens (tertiary/aromatic N) is 3. The Labute approximate surface area is 213 Å². The van der Waals surface area contributed by atoms with Crippen LogP contribution in [0.4, 0.5) is 4.79 Å². The number of aryl methyl sites for hydroxylation is 1. The molecule has 2 aliphatic heterocycles. The Bertz CT molecular complexity index is 1210. The summed E-state index contributed by atoms with van der Waals surface area (Å²) in [5.74, 6) is 1.46. The number of urea groups is 1. The van der Waals surface area contributed by atoms with Gasteiger partial charge in [0, 0.05) is 35.2 Å². The van der Waals surface area contributed by atoms with E-state index >= 15 is 0 Å². The van der Waals surface area contributed by atoms with Crippen molar-refractivity contribution >= 4 is 32.9 Å². The number of halogens is 1. The zero-order chi connectivity index (χ0) is 24.4. The van der Waals surface area contributed by atoms with Gasteiger partial charge in [-0.05, 0) is 67.6 Å². The van der Waals surface area contributed by atoms with Gasteiger partial charge >= 0.3 is 6.03 Å². The van der Waals surface area contributed by atoms with Crippen molar-refractivity contribution in [2.24, 2.45) is 0 Å². The first kappa shape index (κ1) is 23.9. The molecule has 1 saturated heterocycles. The molecule has 2 amide bonds. The Balaban J connectivity index is 1.49. The van der Waals surface area contributed by atoms with Crippen LogP contribution in [-0.2, 0) is 17.6 Å². The van der Waals surface area contributed by atoms with Crippen LogP contribution in [0.2, 0.25) is 0 Å². The van der Waals surface area contributed by atoms with Crippen molar-refractivity contribution in [3.05, 3.63) is 51.6 Å². The molecule has 8 nitrogen and oxygen atoms in total. The number of rotatable bonds is 6. The maximum Gasteiger partial charge on any atom is 0.320 e. The quantitative estimate of drug-likeness (QED) is 0.487. The van der Waals surface area contributed by atoms with Crippen LogP contribution in [0.25, 0.3) is 10.9 Å². The standard InChI is InChI=1S/C26H31BrN4O4/c1-3-35-25-16-19-17(14-24(25)33-2)8-9-31(26(32)30-10-12-34-13-11-30)23(19)7-6-22-20-15-18(27)4-5-21(20)28-29-22/h4-5,14-16,23H,3,6-13H2,1-2H3,(H,28,29). The lowest BCUT2D eigenvalue weighted by molar-refractivity contribution is 0.0376. The molecule has 0 aliphatic carbocycles. The number of carbonyl (C=O) groups excluding carboxylic acids is 1. The van der Waals surface area contributed by atoms with Gasteiger partial charge in [0.15, 0.2) is 11.5 Å². The van der Waals surface area contributed by atoms with Crippen molar-refractivity contribution in [3.63, 3.8) is 0 Å². The van der Waals surface area contributed by atoms with Crippen LogP contribution in [0, 0.1) is 0 Å². The number of nitrogens with one attached hydrogen (secondary N) is 1. The number of ether oxygens (including phenoxy) is 3. The number of hydrogen-bond donors (Lipinski definition) is 1. The van der Waals surface area contributed by atoms with Crippen LogP contribution in [-0.4, -0.2) is 72.6 Å². The molecule has 5 rings (SSSR count). The second-order valence-electron chi connectivity index (χ2n) is 8.88. The number of hydrogen-bond acceptors (Lipinski definition) is 5. The molecule has 2 aromatic carbocycles. The summed E-state index contributed by atoms with van der Waals surface area (Å²) in [4.78, 5) is 17.6. The highest BCUT2D eigenvalue weighted by Crippen LogP contribution is 2.40. The van der Waals surface area contributed by atoms with E-state index in [-0.39, 0.29) is 12.1 Å². The molecule has 0 saturated carbocycles. The van der Waals surface area contributed by atoms with E-state index in [2.05, 4.69) is 44.3 Å². The second kappa shape index (κ2) is 10.5. The first-order valence-corrected chi connectivity index (χ1v) is 13.0. The lowest BCUT2D eigenvalue weighted by Crippen LogP contribution is -2.51. The van der Waals surface area contributed by atoms with Crippen LogP contribution in [0.1, 0.15) is 36.2 Å². The van der Waals surface area contributed by atoms with Gasteiger partial charge in [-0.1, -0.05) is 15.9 Å². The first-order chi connectivity index (χ1) is 17.1. The van der Waals surface area contributed by atoms with Crippen LogP contribution >= 0.6 is 15.9 Å². The van der Waals surface area contributed by atoms with E-state index in [1.807, 2.05) is 28.9 Å². The Morgan fingerprint density at radius 3 is 2.80 bits per heavy atom. The highest BCUT2D eigenvalue weighted by Gasteiger charge is 2.35. The molecule has 1 unspecified atom stereocenters. The van der Waals surface area contributed by atoms with E-state index in [1.54, 1.807) is 7.11 Å². The third-order valence-electron chi connectivity index (χ3n) is 6.87. The fourth-order valence-electron chi connectivity index (χ4n) is 5.12. The van der Waals surface area contributed by atoms with E-state index in [0.717, 1.165) is 57.4 Å². The Morgan fingerprint density at radius 1 is 1.20 bits per heavy atom. The van der Waals surface area contributed by atoms with Gasteiger partial charge in [0.25, 0.3) is 0 Å². The van der Waals surface area contributed by atoms with Crippen molar-refractivity contribution in [1.82, 2.24) is 20.0 Å². The predicted octanol–water partition coefficient (Wildman–Crippen LogP) is 4.72. The van der Waals surface area contributed by atoms with Gasteiger partial charge in [-0.15, -0.1) is 0 Å². The summed E-state index contributed by atoms with van der Waals surface area (Å²) in [6, 6.07) is 10.2. The van der Waals surface area contributed by atoms with Crippen LogP contribution in [0.3, 0.4) is 0 Å². The Hall–Kier alpha value is -2.78. The normalized spacial score (nSPS) is 18.0. The Morgan fingerprint density at radius 2 is 2.03 bits per heavy atom. The van der Waals surface area contributed by atoms with Crippen molar-refractivity contribution < 1.29 is 19.0 Å². The van der Waals surface area contributed by atoms with Crippen molar-refractivity contribution in [2.75, 3.05) is 46.6 Å². The highest BCUT2D eigenvalue weighted by atomic mass is 79.9. The molecule has 0 bridgehead atoms. The number of fused-ring (bicyclic) bond motifs is 2. The summed E-state index contributed by atoms with van der Waals surface area (Å²) in [6.07, 6.45) is 2.31. The summed E-state index contributed by atoms with van der Waals surface area (Å²) in [5, 5.41) is 8.79. The summed E-state index contributed by atoms with van der Waals surface area (Å²) >= 11 is 3.57. The lowest BCUT2D eigenvalue weighted by Gasteiger charge is -2.41. The third-order valence-corrected chi connectivity index (χ3v) is 7.37. The Kier molecular flexibility index (Phi) is 7.15. The van der Waals surface area contributed by atoms with Gasteiger partial charge in [0.05, 0.1) is 38.5 Å². The van der Waals surface area contributed by atoms with Gasteiger partial charge in [-0.2, -0.15) is 5.10 Å². The van der Waals surface area contributed by atoms with Crippen molar-refractivity contribution in [1.29, 1.82) is 0 Å². The molecule has 186 valence electrons. The zero-order valence-corrected chi connectivity index (χ0v) is 21.8. The minimum atomic E-state index is -0.0790. The average Bonchev–Trinajstić information content (AvgIpc) is 3.29. The maximum atomic E-state index is 13.6. The van der Waals surface area contributed by atoms with Crippen LogP contribution < -0.4 is 9.47 Å². The van der Waals surface area contributed by atoms with Gasteiger partial charge in [0.1, 0.15) is 0 Å². The number of aromatic amines is 1. The number of methoxy groups -OCH3 is 1. The summed E-state index contributed by atoms with van der Waals surface area (Å²) < 4.78 is 18.0. The largest absolute Gasteiger partial charge is 0.493 e. The van der Waals surface area contributed by atoms with Gasteiger partial charge in [-0.3, -0.25) is 5.10 Å². The molecule has 2 aliphatic rings. The second-order valence-corrected chi connectivity index (χ2v) is 9.79. The molecule has 1 aromatic heterocycles. The summed E-state index contributed by atoms with van der Waals surface area (Å²) in [7, 11) is 1.67. The van der Waals surface area contributed by atoms with E-state index < -0.39 is 0 Å². The molecular formula is C26H31BrN4O4. The van der Waals surface area contributed by atoms with Gasteiger partial charge in [0.2, 0.25) is 0 Å². The van der Waals surface area contributed by atoms with E-state index in [0.29, 0.717) is 39.5 Å². The van der Waals surface area contributed by atoms with Crippen LogP contribution in [0.15, 0.2) is 34.8 Å². The topological polar surface area (TPSA) is 79.9 Å². The molecule has 35 heavy (non-hydrogen) atoms. The molecular weight excluding hydrogens is 512 g/mol. The number of aromatic nitrogens is 2. The van der Waals surface area contributed by atoms with Gasteiger partial charge < -0.3 is 24.0 Å². The molecule has 3 aromatic rings. The van der Waals surface area contributed by atoms with E-state index in [1.165, 1.54) is 5.56 Å². The van der Waals surface area contributed by atoms with Crippen molar-refractivity contribution in [2.45, 2.75) is 32.2 Å². The molecule has 0 spiro atoms. The minimum Gasteiger partial charge on any atom is -0.493 e.